The molecule has 4 nitrogen and oxygen atoms in total. The topological polar surface area (TPSA) is 58.6 Å². The molecule has 1 aromatic rings. The minimum atomic E-state index is -0.372. The normalized spacial score (nSPS) is 13.9. The lowest BCUT2D eigenvalue weighted by molar-refractivity contribution is 0.0933. The molecule has 0 aromatic heterocycles. The van der Waals surface area contributed by atoms with E-state index in [-0.39, 0.29) is 24.0 Å². The fraction of sp³-hybridized carbons (Fsp3) is 0.562. The van der Waals surface area contributed by atoms with E-state index in [0.717, 1.165) is 0 Å². The van der Waals surface area contributed by atoms with E-state index in [4.69, 9.17) is 16.3 Å². The van der Waals surface area contributed by atoms with Gasteiger partial charge in [0.15, 0.2) is 0 Å². The summed E-state index contributed by atoms with van der Waals surface area (Å²) in [6.07, 6.45) is 0.250. The molecule has 5 heteroatoms. The molecule has 2 atom stereocenters. The summed E-state index contributed by atoms with van der Waals surface area (Å²) in [5.74, 6) is 0.503. The van der Waals surface area contributed by atoms with Crippen LogP contribution in [0.2, 0.25) is 5.02 Å². The second-order valence-electron chi connectivity index (χ2n) is 5.71. The van der Waals surface area contributed by atoms with Gasteiger partial charge in [-0.15, -0.1) is 0 Å². The van der Waals surface area contributed by atoms with Crippen molar-refractivity contribution in [2.24, 2.45) is 5.92 Å². The summed E-state index contributed by atoms with van der Waals surface area (Å²) in [5.41, 5.74) is 0.431. The maximum absolute atomic E-state index is 12.3. The van der Waals surface area contributed by atoms with E-state index < -0.39 is 0 Å². The smallest absolute Gasteiger partial charge is 0.255 e. The van der Waals surface area contributed by atoms with Crippen molar-refractivity contribution >= 4 is 17.5 Å². The van der Waals surface area contributed by atoms with Crippen molar-refractivity contribution < 1.29 is 14.6 Å². The monoisotopic (exact) mass is 313 g/mol. The van der Waals surface area contributed by atoms with Crippen molar-refractivity contribution in [2.45, 2.75) is 46.3 Å². The number of carbonyl (C=O) groups excluding carboxylic acids is 1. The number of halogens is 1. The number of hydrogen-bond donors (Lipinski definition) is 2. The third-order valence-electron chi connectivity index (χ3n) is 2.90. The lowest BCUT2D eigenvalue weighted by atomic mass is 10.0. The van der Waals surface area contributed by atoms with Gasteiger partial charge in [-0.25, -0.2) is 0 Å². The van der Waals surface area contributed by atoms with Crippen LogP contribution in [0.4, 0.5) is 0 Å². The molecule has 0 bridgehead atoms. The first-order valence-electron chi connectivity index (χ1n) is 7.22. The number of amides is 1. The number of rotatable bonds is 7. The van der Waals surface area contributed by atoms with Crippen molar-refractivity contribution in [3.63, 3.8) is 0 Å². The van der Waals surface area contributed by atoms with Gasteiger partial charge in [0.2, 0.25) is 0 Å². The number of benzene rings is 1. The second-order valence-corrected chi connectivity index (χ2v) is 6.14. The Morgan fingerprint density at radius 3 is 2.57 bits per heavy atom. The summed E-state index contributed by atoms with van der Waals surface area (Å²) < 4.78 is 5.63. The zero-order valence-corrected chi connectivity index (χ0v) is 13.8. The van der Waals surface area contributed by atoms with E-state index in [9.17, 15) is 9.90 Å². The van der Waals surface area contributed by atoms with Gasteiger partial charge in [-0.1, -0.05) is 18.5 Å². The Balaban J connectivity index is 2.74. The van der Waals surface area contributed by atoms with Crippen LogP contribution >= 0.6 is 11.6 Å². The van der Waals surface area contributed by atoms with Crippen LogP contribution in [0.1, 0.15) is 44.5 Å². The van der Waals surface area contributed by atoms with E-state index in [0.29, 0.717) is 29.3 Å². The molecule has 118 valence electrons. The van der Waals surface area contributed by atoms with Crippen molar-refractivity contribution in [3.05, 3.63) is 28.8 Å². The highest BCUT2D eigenvalue weighted by Gasteiger charge is 2.15. The van der Waals surface area contributed by atoms with Gasteiger partial charge in [0.1, 0.15) is 5.75 Å². The summed E-state index contributed by atoms with van der Waals surface area (Å²) in [6, 6.07) is 5.01. The predicted molar refractivity (Wildman–Crippen MR) is 85.0 cm³/mol. The molecule has 2 N–H and O–H groups in total. The van der Waals surface area contributed by atoms with Crippen LogP contribution in [-0.2, 0) is 0 Å². The maximum Gasteiger partial charge on any atom is 0.255 e. The Morgan fingerprint density at radius 1 is 1.33 bits per heavy atom. The number of ether oxygens (including phenoxy) is 1. The van der Waals surface area contributed by atoms with Crippen LogP contribution in [0.15, 0.2) is 18.2 Å². The molecule has 0 aliphatic rings. The molecule has 0 aliphatic heterocycles. The molecule has 2 unspecified atom stereocenters. The zero-order chi connectivity index (χ0) is 16.0. The molecule has 1 amide bonds. The molecule has 0 spiro atoms. The van der Waals surface area contributed by atoms with Crippen LogP contribution < -0.4 is 10.1 Å². The van der Waals surface area contributed by atoms with Gasteiger partial charge in [0.25, 0.3) is 5.91 Å². The molecular weight excluding hydrogens is 290 g/mol. The average molecular weight is 314 g/mol. The minimum absolute atomic E-state index is 0.0214. The van der Waals surface area contributed by atoms with Gasteiger partial charge in [-0.05, 0) is 51.3 Å². The van der Waals surface area contributed by atoms with Crippen LogP contribution in [-0.4, -0.2) is 29.8 Å². The number of aliphatic hydroxyl groups is 1. The Hall–Kier alpha value is -1.26. The molecule has 0 saturated heterocycles. The van der Waals surface area contributed by atoms with Crippen LogP contribution in [0.3, 0.4) is 0 Å². The Morgan fingerprint density at radius 2 is 2.00 bits per heavy atom. The third-order valence-corrected chi connectivity index (χ3v) is 3.14. The molecule has 0 saturated carbocycles. The van der Waals surface area contributed by atoms with Crippen molar-refractivity contribution in [2.75, 3.05) is 6.54 Å². The SMILES string of the molecule is CC(O)CC(C)CNC(=O)c1cc(Cl)ccc1OC(C)C. The Bertz CT molecular complexity index is 475. The first-order valence-corrected chi connectivity index (χ1v) is 7.59. The highest BCUT2D eigenvalue weighted by atomic mass is 35.5. The van der Waals surface area contributed by atoms with Crippen molar-refractivity contribution in [1.29, 1.82) is 0 Å². The molecule has 1 aromatic carbocycles. The lowest BCUT2D eigenvalue weighted by Crippen LogP contribution is -2.30. The highest BCUT2D eigenvalue weighted by molar-refractivity contribution is 6.31. The Labute approximate surface area is 131 Å². The summed E-state index contributed by atoms with van der Waals surface area (Å²) in [5, 5.41) is 12.7. The minimum Gasteiger partial charge on any atom is -0.490 e. The molecule has 0 aliphatic carbocycles. The van der Waals surface area contributed by atoms with E-state index in [1.165, 1.54) is 0 Å². The van der Waals surface area contributed by atoms with E-state index in [2.05, 4.69) is 5.32 Å². The summed E-state index contributed by atoms with van der Waals surface area (Å²) >= 11 is 5.96. The van der Waals surface area contributed by atoms with Crippen LogP contribution in [0.5, 0.6) is 5.75 Å². The fourth-order valence-electron chi connectivity index (χ4n) is 2.06. The molecular formula is C16H24ClNO3. The fourth-order valence-corrected chi connectivity index (χ4v) is 2.24. The van der Waals surface area contributed by atoms with Crippen LogP contribution in [0.25, 0.3) is 0 Å². The first kappa shape index (κ1) is 17.8. The lowest BCUT2D eigenvalue weighted by Gasteiger charge is -2.17. The second kappa shape index (κ2) is 8.25. The summed E-state index contributed by atoms with van der Waals surface area (Å²) in [4.78, 5) is 12.3. The van der Waals surface area contributed by atoms with Crippen LogP contribution in [0, 0.1) is 5.92 Å². The van der Waals surface area contributed by atoms with Gasteiger partial charge in [-0.3, -0.25) is 4.79 Å². The van der Waals surface area contributed by atoms with Gasteiger partial charge in [0, 0.05) is 11.6 Å². The third kappa shape index (κ3) is 6.36. The van der Waals surface area contributed by atoms with E-state index in [1.54, 1.807) is 25.1 Å². The zero-order valence-electron chi connectivity index (χ0n) is 13.0. The number of hydrogen-bond acceptors (Lipinski definition) is 3. The Kier molecular flexibility index (Phi) is 6.99. The largest absolute Gasteiger partial charge is 0.490 e. The van der Waals surface area contributed by atoms with E-state index >= 15 is 0 Å². The number of carbonyl (C=O) groups is 1. The van der Waals surface area contributed by atoms with Gasteiger partial charge in [-0.2, -0.15) is 0 Å². The van der Waals surface area contributed by atoms with Crippen molar-refractivity contribution in [1.82, 2.24) is 5.32 Å². The molecule has 0 fully saturated rings. The maximum atomic E-state index is 12.3. The number of aliphatic hydroxyl groups excluding tert-OH is 1. The number of nitrogens with one attached hydrogen (secondary N) is 1. The van der Waals surface area contributed by atoms with Crippen molar-refractivity contribution in [3.8, 4) is 5.75 Å². The summed E-state index contributed by atoms with van der Waals surface area (Å²) in [7, 11) is 0. The average Bonchev–Trinajstić information content (AvgIpc) is 2.36. The standard InChI is InChI=1S/C16H24ClNO3/c1-10(2)21-15-6-5-13(17)8-14(15)16(20)18-9-11(3)7-12(4)19/h5-6,8,10-12,19H,7,9H2,1-4H3,(H,18,20). The molecule has 21 heavy (non-hydrogen) atoms. The van der Waals surface area contributed by atoms with Gasteiger partial charge in [0.05, 0.1) is 17.8 Å². The first-order chi connectivity index (χ1) is 9.79. The molecule has 0 heterocycles. The quantitative estimate of drug-likeness (QED) is 0.812. The summed E-state index contributed by atoms with van der Waals surface area (Å²) in [6.45, 7) is 8.03. The predicted octanol–water partition coefficient (Wildman–Crippen LogP) is 3.26. The van der Waals surface area contributed by atoms with E-state index in [1.807, 2.05) is 20.8 Å². The molecule has 1 rings (SSSR count). The van der Waals surface area contributed by atoms with Gasteiger partial charge < -0.3 is 15.2 Å². The highest BCUT2D eigenvalue weighted by Crippen LogP contribution is 2.24. The molecule has 0 radical (unpaired) electrons. The van der Waals surface area contributed by atoms with Gasteiger partial charge >= 0.3 is 0 Å².